The molecule has 0 unspecified atom stereocenters. The van der Waals surface area contributed by atoms with Gasteiger partial charge in [-0.15, -0.1) is 21.8 Å². The number of hydrogen-bond acceptors (Lipinski definition) is 4. The lowest BCUT2D eigenvalue weighted by atomic mass is 10.4. The van der Waals surface area contributed by atoms with E-state index in [0.29, 0.717) is 12.4 Å². The van der Waals surface area contributed by atoms with E-state index < -0.39 is 0 Å². The second-order valence-corrected chi connectivity index (χ2v) is 2.99. The molecule has 2 aromatic heterocycles. The number of aromatic nitrogens is 5. The van der Waals surface area contributed by atoms with Crippen LogP contribution >= 0.6 is 11.6 Å². The van der Waals surface area contributed by atoms with Crippen molar-refractivity contribution in [1.82, 2.24) is 25.0 Å². The molecule has 0 amide bonds. The van der Waals surface area contributed by atoms with Crippen LogP contribution in [0.4, 0.5) is 0 Å². The molecule has 0 aliphatic rings. The van der Waals surface area contributed by atoms with Crippen LogP contribution in [0.2, 0.25) is 0 Å². The molecule has 5 nitrogen and oxygen atoms in total. The Morgan fingerprint density at radius 2 is 2.21 bits per heavy atom. The lowest BCUT2D eigenvalue weighted by Crippen LogP contribution is -2.04. The molecule has 0 spiro atoms. The average Bonchev–Trinajstić information content (AvgIpc) is 2.67. The molecular formula is C8H8ClN5. The second kappa shape index (κ2) is 4.15. The lowest BCUT2D eigenvalue weighted by molar-refractivity contribution is 0.721. The standard InChI is InChI=1S/C8H8ClN5/c9-4-8-13-11-6-14(8)5-7-2-1-3-10-12-7/h1-3,6H,4-5H2. The molecule has 0 fully saturated rings. The van der Waals surface area contributed by atoms with Crippen molar-refractivity contribution >= 4 is 11.6 Å². The fraction of sp³-hybridized carbons (Fsp3) is 0.250. The molecule has 72 valence electrons. The molecule has 0 aromatic carbocycles. The van der Waals surface area contributed by atoms with E-state index in [1.54, 1.807) is 12.5 Å². The molecule has 14 heavy (non-hydrogen) atoms. The van der Waals surface area contributed by atoms with Crippen LogP contribution in [0.25, 0.3) is 0 Å². The third-order valence-corrected chi connectivity index (χ3v) is 2.01. The first kappa shape index (κ1) is 9.08. The first-order valence-electron chi connectivity index (χ1n) is 4.09. The van der Waals surface area contributed by atoms with Crippen molar-refractivity contribution < 1.29 is 0 Å². The van der Waals surface area contributed by atoms with Gasteiger partial charge in [0.25, 0.3) is 0 Å². The number of nitrogens with zero attached hydrogens (tertiary/aromatic N) is 5. The molecule has 2 aromatic rings. The summed E-state index contributed by atoms with van der Waals surface area (Å²) in [6.07, 6.45) is 3.27. The minimum Gasteiger partial charge on any atom is -0.310 e. The zero-order valence-electron chi connectivity index (χ0n) is 7.34. The van der Waals surface area contributed by atoms with Crippen molar-refractivity contribution in [3.8, 4) is 0 Å². The maximum absolute atomic E-state index is 5.68. The van der Waals surface area contributed by atoms with E-state index in [9.17, 15) is 0 Å². The topological polar surface area (TPSA) is 56.5 Å². The Bertz CT molecular complexity index is 399. The van der Waals surface area contributed by atoms with Gasteiger partial charge < -0.3 is 4.57 Å². The van der Waals surface area contributed by atoms with Gasteiger partial charge in [-0.25, -0.2) is 0 Å². The molecule has 0 saturated heterocycles. The van der Waals surface area contributed by atoms with Crippen LogP contribution in [0.5, 0.6) is 0 Å². The minimum absolute atomic E-state index is 0.347. The molecule has 0 bridgehead atoms. The first-order valence-corrected chi connectivity index (χ1v) is 4.63. The predicted molar refractivity (Wildman–Crippen MR) is 50.7 cm³/mol. The van der Waals surface area contributed by atoms with Gasteiger partial charge in [0.05, 0.1) is 18.1 Å². The Balaban J connectivity index is 2.19. The van der Waals surface area contributed by atoms with Crippen LogP contribution in [0, 0.1) is 0 Å². The van der Waals surface area contributed by atoms with E-state index in [1.807, 2.05) is 16.7 Å². The largest absolute Gasteiger partial charge is 0.310 e. The van der Waals surface area contributed by atoms with Crippen molar-refractivity contribution in [1.29, 1.82) is 0 Å². The summed E-state index contributed by atoms with van der Waals surface area (Å²) in [6, 6.07) is 3.73. The monoisotopic (exact) mass is 209 g/mol. The summed E-state index contributed by atoms with van der Waals surface area (Å²) >= 11 is 5.68. The van der Waals surface area contributed by atoms with Gasteiger partial charge >= 0.3 is 0 Å². The lowest BCUT2D eigenvalue weighted by Gasteiger charge is -2.02. The summed E-state index contributed by atoms with van der Waals surface area (Å²) in [6.45, 7) is 0.600. The summed E-state index contributed by atoms with van der Waals surface area (Å²) < 4.78 is 1.84. The highest BCUT2D eigenvalue weighted by molar-refractivity contribution is 6.16. The Morgan fingerprint density at radius 1 is 1.29 bits per heavy atom. The van der Waals surface area contributed by atoms with E-state index in [1.165, 1.54) is 0 Å². The molecule has 0 radical (unpaired) electrons. The molecule has 0 aliphatic heterocycles. The number of hydrogen-bond donors (Lipinski definition) is 0. The highest BCUT2D eigenvalue weighted by atomic mass is 35.5. The quantitative estimate of drug-likeness (QED) is 0.704. The van der Waals surface area contributed by atoms with Gasteiger partial charge in [0.15, 0.2) is 0 Å². The third-order valence-electron chi connectivity index (χ3n) is 1.78. The molecule has 0 aliphatic carbocycles. The summed E-state index contributed by atoms with van der Waals surface area (Å²) in [5, 5.41) is 15.4. The SMILES string of the molecule is ClCc1nncn1Cc1cccnn1. The van der Waals surface area contributed by atoms with Gasteiger partial charge in [0, 0.05) is 6.20 Å². The zero-order chi connectivity index (χ0) is 9.80. The Morgan fingerprint density at radius 3 is 2.93 bits per heavy atom. The normalized spacial score (nSPS) is 10.4. The van der Waals surface area contributed by atoms with Crippen LogP contribution in [-0.2, 0) is 12.4 Å². The molecule has 2 heterocycles. The van der Waals surface area contributed by atoms with Gasteiger partial charge in [-0.3, -0.25) is 0 Å². The third kappa shape index (κ3) is 1.88. The van der Waals surface area contributed by atoms with Crippen LogP contribution < -0.4 is 0 Å². The van der Waals surface area contributed by atoms with E-state index >= 15 is 0 Å². The Labute approximate surface area is 85.8 Å². The predicted octanol–water partition coefficient (Wildman–Crippen LogP) is 0.855. The maximum atomic E-state index is 5.68. The summed E-state index contributed by atoms with van der Waals surface area (Å²) in [7, 11) is 0. The van der Waals surface area contributed by atoms with E-state index in [-0.39, 0.29) is 0 Å². The second-order valence-electron chi connectivity index (χ2n) is 2.72. The number of halogens is 1. The van der Waals surface area contributed by atoms with E-state index in [2.05, 4.69) is 20.4 Å². The first-order chi connectivity index (χ1) is 6.90. The summed E-state index contributed by atoms with van der Waals surface area (Å²) in [5.41, 5.74) is 0.860. The van der Waals surface area contributed by atoms with Gasteiger partial charge in [-0.1, -0.05) is 0 Å². The van der Waals surface area contributed by atoms with Gasteiger partial charge in [-0.2, -0.15) is 10.2 Å². The van der Waals surface area contributed by atoms with Gasteiger partial charge in [0.2, 0.25) is 0 Å². The van der Waals surface area contributed by atoms with Crippen LogP contribution in [-0.4, -0.2) is 25.0 Å². The van der Waals surface area contributed by atoms with Gasteiger partial charge in [0.1, 0.15) is 12.2 Å². The van der Waals surface area contributed by atoms with Crippen molar-refractivity contribution in [3.63, 3.8) is 0 Å². The van der Waals surface area contributed by atoms with Crippen molar-refractivity contribution in [2.75, 3.05) is 0 Å². The fourth-order valence-electron chi connectivity index (χ4n) is 1.11. The Hall–Kier alpha value is -1.49. The van der Waals surface area contributed by atoms with Crippen LogP contribution in [0.15, 0.2) is 24.7 Å². The van der Waals surface area contributed by atoms with Crippen LogP contribution in [0.3, 0.4) is 0 Å². The molecule has 6 heteroatoms. The number of rotatable bonds is 3. The Kier molecular flexibility index (Phi) is 2.69. The number of alkyl halides is 1. The average molecular weight is 210 g/mol. The van der Waals surface area contributed by atoms with E-state index in [4.69, 9.17) is 11.6 Å². The summed E-state index contributed by atoms with van der Waals surface area (Å²) in [4.78, 5) is 0. The highest BCUT2D eigenvalue weighted by Crippen LogP contribution is 2.02. The molecule has 0 atom stereocenters. The van der Waals surface area contributed by atoms with Crippen molar-refractivity contribution in [3.05, 3.63) is 36.2 Å². The molecular weight excluding hydrogens is 202 g/mol. The van der Waals surface area contributed by atoms with E-state index in [0.717, 1.165) is 11.5 Å². The van der Waals surface area contributed by atoms with Crippen molar-refractivity contribution in [2.24, 2.45) is 0 Å². The van der Waals surface area contributed by atoms with Gasteiger partial charge in [-0.05, 0) is 12.1 Å². The minimum atomic E-state index is 0.347. The highest BCUT2D eigenvalue weighted by Gasteiger charge is 2.03. The molecule has 0 N–H and O–H groups in total. The fourth-order valence-corrected chi connectivity index (χ4v) is 1.31. The van der Waals surface area contributed by atoms with Crippen LogP contribution in [0.1, 0.15) is 11.5 Å². The summed E-state index contributed by atoms with van der Waals surface area (Å²) in [5.74, 6) is 1.08. The smallest absolute Gasteiger partial charge is 0.148 e. The molecule has 2 rings (SSSR count). The van der Waals surface area contributed by atoms with Crippen molar-refractivity contribution in [2.45, 2.75) is 12.4 Å². The maximum Gasteiger partial charge on any atom is 0.148 e. The molecule has 0 saturated carbocycles. The zero-order valence-corrected chi connectivity index (χ0v) is 8.09.